The van der Waals surface area contributed by atoms with Crippen molar-refractivity contribution in [2.45, 2.75) is 44.2 Å². The van der Waals surface area contributed by atoms with Crippen LogP contribution in [0.2, 0.25) is 0 Å². The highest BCUT2D eigenvalue weighted by atomic mass is 19.4. The normalized spacial score (nSPS) is 15.5. The van der Waals surface area contributed by atoms with E-state index in [1.54, 1.807) is 30.3 Å². The first-order valence-electron chi connectivity index (χ1n) is 9.90. The number of rotatable bonds is 3. The Kier molecular flexibility index (Phi) is 5.25. The van der Waals surface area contributed by atoms with Crippen molar-refractivity contribution in [1.82, 2.24) is 0 Å². The maximum Gasteiger partial charge on any atom is 0.417 e. The fourth-order valence-electron chi connectivity index (χ4n) is 4.43. The summed E-state index contributed by atoms with van der Waals surface area (Å²) in [6.07, 6.45) is 1.17. The molecule has 0 aromatic heterocycles. The molecule has 1 aliphatic rings. The molecule has 0 saturated heterocycles. The molecule has 0 radical (unpaired) electrons. The molecule has 0 N–H and O–H groups in total. The summed E-state index contributed by atoms with van der Waals surface area (Å²) < 4.78 is 42.0. The fraction of sp³-hybridized carbons (Fsp3) is 0.280. The predicted molar refractivity (Wildman–Crippen MR) is 108 cm³/mol. The summed E-state index contributed by atoms with van der Waals surface area (Å²) in [6, 6.07) is 21.6. The minimum absolute atomic E-state index is 0.308. The Hall–Kier alpha value is -2.55. The van der Waals surface area contributed by atoms with Crippen molar-refractivity contribution in [2.24, 2.45) is 0 Å². The third-order valence-corrected chi connectivity index (χ3v) is 5.71. The van der Waals surface area contributed by atoms with Crippen molar-refractivity contribution >= 4 is 0 Å². The molecule has 3 heteroatoms. The van der Waals surface area contributed by atoms with E-state index in [0.29, 0.717) is 17.0 Å². The van der Waals surface area contributed by atoms with E-state index in [1.807, 2.05) is 36.4 Å². The molecular formula is C25H23F3. The minimum Gasteiger partial charge on any atom is -0.166 e. The van der Waals surface area contributed by atoms with Crippen LogP contribution in [0.5, 0.6) is 0 Å². The number of benzene rings is 3. The third kappa shape index (κ3) is 3.71. The lowest BCUT2D eigenvalue weighted by molar-refractivity contribution is -0.137. The Morgan fingerprint density at radius 2 is 1.14 bits per heavy atom. The largest absolute Gasteiger partial charge is 0.417 e. The Labute approximate surface area is 164 Å². The third-order valence-electron chi connectivity index (χ3n) is 5.71. The quantitative estimate of drug-likeness (QED) is 0.431. The van der Waals surface area contributed by atoms with Gasteiger partial charge in [0.05, 0.1) is 5.56 Å². The van der Waals surface area contributed by atoms with Gasteiger partial charge in [-0.2, -0.15) is 13.2 Å². The second-order valence-corrected chi connectivity index (χ2v) is 7.52. The molecule has 0 atom stereocenters. The number of hydrogen-bond donors (Lipinski definition) is 0. The highest BCUT2D eigenvalue weighted by Crippen LogP contribution is 2.47. The lowest BCUT2D eigenvalue weighted by Crippen LogP contribution is -2.12. The fourth-order valence-corrected chi connectivity index (χ4v) is 4.43. The van der Waals surface area contributed by atoms with Gasteiger partial charge in [-0.1, -0.05) is 86.0 Å². The summed E-state index contributed by atoms with van der Waals surface area (Å²) in [5, 5.41) is 0. The van der Waals surface area contributed by atoms with Crippen LogP contribution in [-0.2, 0) is 6.18 Å². The summed E-state index contributed by atoms with van der Waals surface area (Å²) in [5.41, 5.74) is 3.02. The van der Waals surface area contributed by atoms with Gasteiger partial charge >= 0.3 is 6.18 Å². The molecule has 3 aromatic carbocycles. The smallest absolute Gasteiger partial charge is 0.166 e. The molecular weight excluding hydrogens is 357 g/mol. The van der Waals surface area contributed by atoms with Gasteiger partial charge in [0.2, 0.25) is 0 Å². The number of halogens is 3. The first-order chi connectivity index (χ1) is 13.6. The summed E-state index contributed by atoms with van der Waals surface area (Å²) in [7, 11) is 0. The zero-order chi connectivity index (χ0) is 19.6. The van der Waals surface area contributed by atoms with E-state index in [9.17, 15) is 13.2 Å². The molecule has 0 bridgehead atoms. The van der Waals surface area contributed by atoms with Gasteiger partial charge in [0.15, 0.2) is 0 Å². The Balaban J connectivity index is 2.04. The summed E-state index contributed by atoms with van der Waals surface area (Å²) in [6.45, 7) is 0. The molecule has 1 fully saturated rings. The highest BCUT2D eigenvalue weighted by molar-refractivity contribution is 5.88. The zero-order valence-electron chi connectivity index (χ0n) is 15.7. The minimum atomic E-state index is -4.40. The van der Waals surface area contributed by atoms with Crippen molar-refractivity contribution in [1.29, 1.82) is 0 Å². The lowest BCUT2D eigenvalue weighted by atomic mass is 9.77. The monoisotopic (exact) mass is 380 g/mol. The maximum atomic E-state index is 14.0. The molecule has 0 spiro atoms. The van der Waals surface area contributed by atoms with Crippen LogP contribution in [0.1, 0.15) is 49.1 Å². The standard InChI is InChI=1S/C25H23F3/c26-25(27,28)22-17-16-21(18-10-4-1-5-11-18)23(19-12-6-2-7-13-19)24(22)20-14-8-3-9-15-20/h2-3,6-9,12-18H,1,4-5,10-11H2. The molecule has 28 heavy (non-hydrogen) atoms. The van der Waals surface area contributed by atoms with Crippen LogP contribution >= 0.6 is 0 Å². The SMILES string of the molecule is FC(F)(F)c1ccc(C2CCCCC2)c(-c2ccccc2)c1-c1ccccc1. The van der Waals surface area contributed by atoms with Gasteiger partial charge in [-0.25, -0.2) is 0 Å². The van der Waals surface area contributed by atoms with Gasteiger partial charge in [-0.05, 0) is 47.1 Å². The van der Waals surface area contributed by atoms with Gasteiger partial charge in [-0.3, -0.25) is 0 Å². The summed E-state index contributed by atoms with van der Waals surface area (Å²) in [4.78, 5) is 0. The molecule has 4 rings (SSSR count). The number of alkyl halides is 3. The molecule has 1 aliphatic carbocycles. The Morgan fingerprint density at radius 1 is 0.607 bits per heavy atom. The van der Waals surface area contributed by atoms with Crippen LogP contribution in [-0.4, -0.2) is 0 Å². The van der Waals surface area contributed by atoms with Crippen molar-refractivity contribution in [3.63, 3.8) is 0 Å². The van der Waals surface area contributed by atoms with Crippen LogP contribution in [0.4, 0.5) is 13.2 Å². The van der Waals surface area contributed by atoms with Gasteiger partial charge in [0, 0.05) is 5.56 Å². The van der Waals surface area contributed by atoms with Crippen molar-refractivity contribution in [3.8, 4) is 22.3 Å². The molecule has 0 aliphatic heterocycles. The predicted octanol–water partition coefficient (Wildman–Crippen LogP) is 8.09. The van der Waals surface area contributed by atoms with E-state index >= 15 is 0 Å². The Morgan fingerprint density at radius 3 is 1.68 bits per heavy atom. The van der Waals surface area contributed by atoms with E-state index in [1.165, 1.54) is 12.5 Å². The van der Waals surface area contributed by atoms with Gasteiger partial charge in [0.1, 0.15) is 0 Å². The summed E-state index contributed by atoms with van der Waals surface area (Å²) in [5.74, 6) is 0.314. The second kappa shape index (κ2) is 7.83. The van der Waals surface area contributed by atoms with E-state index in [-0.39, 0.29) is 0 Å². The molecule has 1 saturated carbocycles. The van der Waals surface area contributed by atoms with Gasteiger partial charge < -0.3 is 0 Å². The van der Waals surface area contributed by atoms with Crippen LogP contribution < -0.4 is 0 Å². The van der Waals surface area contributed by atoms with Gasteiger partial charge in [-0.15, -0.1) is 0 Å². The van der Waals surface area contributed by atoms with Crippen molar-refractivity contribution in [3.05, 3.63) is 83.9 Å². The Bertz CT molecular complexity index is 921. The molecule has 3 aromatic rings. The average molecular weight is 380 g/mol. The molecule has 0 amide bonds. The average Bonchev–Trinajstić information content (AvgIpc) is 2.74. The van der Waals surface area contributed by atoms with Crippen molar-refractivity contribution in [2.75, 3.05) is 0 Å². The van der Waals surface area contributed by atoms with Crippen LogP contribution in [0, 0.1) is 0 Å². The molecule has 0 unspecified atom stereocenters. The lowest BCUT2D eigenvalue weighted by Gasteiger charge is -2.28. The van der Waals surface area contributed by atoms with E-state index in [0.717, 1.165) is 42.4 Å². The zero-order valence-corrected chi connectivity index (χ0v) is 15.7. The van der Waals surface area contributed by atoms with Crippen LogP contribution in [0.15, 0.2) is 72.8 Å². The number of hydrogen-bond acceptors (Lipinski definition) is 0. The van der Waals surface area contributed by atoms with E-state index < -0.39 is 11.7 Å². The maximum absolute atomic E-state index is 14.0. The summed E-state index contributed by atoms with van der Waals surface area (Å²) >= 11 is 0. The second-order valence-electron chi connectivity index (χ2n) is 7.52. The van der Waals surface area contributed by atoms with Crippen molar-refractivity contribution < 1.29 is 13.2 Å². The molecule has 144 valence electrons. The van der Waals surface area contributed by atoms with E-state index in [2.05, 4.69) is 0 Å². The molecule has 0 nitrogen and oxygen atoms in total. The first kappa shape index (κ1) is 18.8. The highest BCUT2D eigenvalue weighted by Gasteiger charge is 2.36. The van der Waals surface area contributed by atoms with Crippen LogP contribution in [0.3, 0.4) is 0 Å². The van der Waals surface area contributed by atoms with E-state index in [4.69, 9.17) is 0 Å². The first-order valence-corrected chi connectivity index (χ1v) is 9.90. The van der Waals surface area contributed by atoms with Gasteiger partial charge in [0.25, 0.3) is 0 Å². The topological polar surface area (TPSA) is 0 Å². The molecule has 0 heterocycles. The van der Waals surface area contributed by atoms with Crippen LogP contribution in [0.25, 0.3) is 22.3 Å².